The molecule has 500 valence electrons. The van der Waals surface area contributed by atoms with Gasteiger partial charge in [-0.2, -0.15) is 9.97 Å². The first-order chi connectivity index (χ1) is 47.9. The quantitative estimate of drug-likeness (QED) is 0.0950. The Bertz CT molecular complexity index is 4620. The van der Waals surface area contributed by atoms with Gasteiger partial charge >= 0.3 is 14.2 Å². The minimum atomic E-state index is -0.341. The van der Waals surface area contributed by atoms with Crippen LogP contribution < -0.4 is 10.9 Å². The van der Waals surface area contributed by atoms with Crippen LogP contribution in [0, 0.1) is 0 Å². The fourth-order valence-corrected chi connectivity index (χ4v) is 13.7. The highest BCUT2D eigenvalue weighted by molar-refractivity contribution is 7.14. The van der Waals surface area contributed by atoms with E-state index in [1.165, 1.54) is 22.3 Å². The van der Waals surface area contributed by atoms with E-state index in [-0.39, 0.29) is 52.8 Å². The van der Waals surface area contributed by atoms with Crippen molar-refractivity contribution in [3.8, 4) is 89.0 Å². The van der Waals surface area contributed by atoms with Crippen molar-refractivity contribution in [2.24, 2.45) is 0 Å². The summed E-state index contributed by atoms with van der Waals surface area (Å²) < 4.78 is 24.8. The molecule has 0 radical (unpaired) electrons. The first-order valence-corrected chi connectivity index (χ1v) is 36.3. The van der Waals surface area contributed by atoms with Crippen molar-refractivity contribution in [1.82, 2.24) is 44.9 Å². The highest BCUT2D eigenvalue weighted by atomic mass is 35.5. The van der Waals surface area contributed by atoms with Gasteiger partial charge in [0.15, 0.2) is 46.6 Å². The van der Waals surface area contributed by atoms with Crippen LogP contribution in [0.2, 0.25) is 5.28 Å². The molecule has 100 heavy (non-hydrogen) atoms. The van der Waals surface area contributed by atoms with Gasteiger partial charge in [0.05, 0.1) is 37.0 Å². The standard InChI is InChI=1S/C41H30N6S2.C27H38B2O4.C13H8ClN3S/c1-41(2,31-21-17-29(18-22-31)37-42-35(27-11-5-3-6-12-27)44-39(46-37)33-15-9-25-48-33)32-23-19-30(20-24-32)38-43-36(28-13-7-4-8-14-28)45-40(47-38)34-16-10-26-49-34;1-23(2,19-11-15-21(16-12-19)28-30-24(3,4)25(5,6)31-28)20-13-17-22(18-14-20)29-32-26(7,8)27(9,10)33-29;14-13-16-11(9-5-2-1-3-6-9)15-12(17-13)10-7-4-8-18-10/h3-26H,1-2H3;11-18H,1-10H3;1-8H. The second kappa shape index (κ2) is 28.5. The van der Waals surface area contributed by atoms with Crippen LogP contribution in [0.5, 0.6) is 0 Å². The van der Waals surface area contributed by atoms with E-state index in [2.05, 4.69) is 195 Å². The predicted octanol–water partition coefficient (Wildman–Crippen LogP) is 19.0. The van der Waals surface area contributed by atoms with Gasteiger partial charge in [0.2, 0.25) is 5.28 Å². The van der Waals surface area contributed by atoms with E-state index in [4.69, 9.17) is 60.1 Å². The normalized spacial score (nSPS) is 15.2. The van der Waals surface area contributed by atoms with Crippen LogP contribution in [0.4, 0.5) is 0 Å². The molecule has 0 amide bonds. The molecular formula is C81H76B2ClN9O4S3. The zero-order chi connectivity index (χ0) is 70.0. The summed E-state index contributed by atoms with van der Waals surface area (Å²) in [5.74, 6) is 5.20. The highest BCUT2D eigenvalue weighted by Gasteiger charge is 2.53. The summed E-state index contributed by atoms with van der Waals surface area (Å²) in [6, 6.07) is 76.2. The second-order valence-electron chi connectivity index (χ2n) is 27.7. The highest BCUT2D eigenvalue weighted by Crippen LogP contribution is 2.40. The second-order valence-corrected chi connectivity index (χ2v) is 30.9. The maximum atomic E-state index is 6.21. The zero-order valence-electron chi connectivity index (χ0n) is 58.0. The molecule has 2 fully saturated rings. The summed E-state index contributed by atoms with van der Waals surface area (Å²) >= 11 is 10.8. The minimum Gasteiger partial charge on any atom is -0.399 e. The van der Waals surface area contributed by atoms with Crippen LogP contribution in [0.1, 0.15) is 105 Å². The average molecular weight is 1390 g/mol. The van der Waals surface area contributed by atoms with E-state index in [1.54, 1.807) is 34.0 Å². The molecule has 8 heterocycles. The van der Waals surface area contributed by atoms with E-state index >= 15 is 0 Å². The van der Waals surface area contributed by atoms with Gasteiger partial charge < -0.3 is 18.6 Å². The third kappa shape index (κ3) is 15.0. The van der Waals surface area contributed by atoms with Gasteiger partial charge in [0.25, 0.3) is 0 Å². The van der Waals surface area contributed by atoms with Crippen molar-refractivity contribution < 1.29 is 18.6 Å². The molecule has 2 aliphatic rings. The first-order valence-electron chi connectivity index (χ1n) is 33.3. The molecule has 0 aliphatic carbocycles. The SMILES string of the molecule is CC(C)(c1ccc(-c2nc(-c3ccccc3)nc(-c3cccs3)n2)cc1)c1ccc(-c2nc(-c3ccccc3)nc(-c3cccs3)n2)cc1.CC(C)(c1ccc(B2OC(C)(C)C(C)(C)O2)cc1)c1ccc(B2OC(C)(C)C(C)(C)O2)cc1.Clc1nc(-c2ccccc2)nc(-c2cccs2)n1. The number of benzene rings is 7. The monoisotopic (exact) mass is 1390 g/mol. The average Bonchev–Trinajstić information content (AvgIpc) is 1.58. The first kappa shape index (κ1) is 69.4. The lowest BCUT2D eigenvalue weighted by molar-refractivity contribution is 0.00578. The van der Waals surface area contributed by atoms with Gasteiger partial charge in [-0.15, -0.1) is 34.0 Å². The number of rotatable bonds is 14. The van der Waals surface area contributed by atoms with Crippen molar-refractivity contribution in [1.29, 1.82) is 0 Å². The maximum absolute atomic E-state index is 6.21. The number of hydrogen-bond acceptors (Lipinski definition) is 16. The van der Waals surface area contributed by atoms with Crippen molar-refractivity contribution in [2.45, 2.75) is 116 Å². The van der Waals surface area contributed by atoms with E-state index in [0.29, 0.717) is 46.6 Å². The van der Waals surface area contributed by atoms with Crippen LogP contribution >= 0.6 is 45.6 Å². The van der Waals surface area contributed by atoms with Crippen molar-refractivity contribution >= 4 is 70.8 Å². The summed E-state index contributed by atoms with van der Waals surface area (Å²) in [6.45, 7) is 25.6. The van der Waals surface area contributed by atoms with Gasteiger partial charge in [0, 0.05) is 38.6 Å². The fraction of sp³-hybridized carbons (Fsp3) is 0.222. The van der Waals surface area contributed by atoms with Gasteiger partial charge in [0.1, 0.15) is 0 Å². The summed E-state index contributed by atoms with van der Waals surface area (Å²) in [4.78, 5) is 44.9. The molecule has 0 spiro atoms. The molecule has 7 aromatic carbocycles. The topological polar surface area (TPSA) is 153 Å². The van der Waals surface area contributed by atoms with Crippen LogP contribution in [-0.4, -0.2) is 81.5 Å². The van der Waals surface area contributed by atoms with Crippen molar-refractivity contribution in [3.05, 3.63) is 268 Å². The molecule has 13 nitrogen and oxygen atoms in total. The summed E-state index contributed by atoms with van der Waals surface area (Å²) in [5.41, 5.74) is 9.92. The Balaban J connectivity index is 0.000000150. The lowest BCUT2D eigenvalue weighted by Gasteiger charge is -2.32. The smallest absolute Gasteiger partial charge is 0.399 e. The number of nitrogens with zero attached hydrogens (tertiary/aromatic N) is 9. The fourth-order valence-electron chi connectivity index (χ4n) is 11.5. The molecule has 2 saturated heterocycles. The molecule has 0 unspecified atom stereocenters. The van der Waals surface area contributed by atoms with Gasteiger partial charge in [-0.25, -0.2) is 34.9 Å². The Kier molecular flexibility index (Phi) is 19.8. The molecule has 6 aromatic heterocycles. The third-order valence-electron chi connectivity index (χ3n) is 19.2. The molecule has 15 rings (SSSR count). The Morgan fingerprint density at radius 2 is 0.510 bits per heavy atom. The van der Waals surface area contributed by atoms with Gasteiger partial charge in [-0.1, -0.05) is 234 Å². The zero-order valence-corrected chi connectivity index (χ0v) is 61.2. The van der Waals surface area contributed by atoms with Gasteiger partial charge in [-0.05, 0) is 135 Å². The molecule has 0 atom stereocenters. The largest absolute Gasteiger partial charge is 0.494 e. The maximum Gasteiger partial charge on any atom is 0.494 e. The minimum absolute atomic E-state index is 0.150. The summed E-state index contributed by atoms with van der Waals surface area (Å²) in [6.07, 6.45) is 0. The van der Waals surface area contributed by atoms with E-state index in [1.807, 2.05) is 144 Å². The third-order valence-corrected chi connectivity index (χ3v) is 22.0. The Morgan fingerprint density at radius 3 is 0.780 bits per heavy atom. The molecule has 19 heteroatoms. The Labute approximate surface area is 603 Å². The molecule has 0 saturated carbocycles. The summed E-state index contributed by atoms with van der Waals surface area (Å²) in [7, 11) is -0.683. The number of halogens is 1. The van der Waals surface area contributed by atoms with Crippen molar-refractivity contribution in [3.63, 3.8) is 0 Å². The van der Waals surface area contributed by atoms with E-state index in [9.17, 15) is 0 Å². The van der Waals surface area contributed by atoms with E-state index in [0.717, 1.165) is 53.4 Å². The van der Waals surface area contributed by atoms with Crippen LogP contribution in [0.15, 0.2) is 241 Å². The van der Waals surface area contributed by atoms with Crippen LogP contribution in [0.3, 0.4) is 0 Å². The Hall–Kier alpha value is -9.07. The van der Waals surface area contributed by atoms with Crippen molar-refractivity contribution in [2.75, 3.05) is 0 Å². The Morgan fingerprint density at radius 1 is 0.280 bits per heavy atom. The summed E-state index contributed by atoms with van der Waals surface area (Å²) in [5, 5.41) is 6.28. The predicted molar refractivity (Wildman–Crippen MR) is 410 cm³/mol. The molecule has 0 bridgehead atoms. The van der Waals surface area contributed by atoms with Crippen LogP contribution in [-0.2, 0) is 29.4 Å². The number of hydrogen-bond donors (Lipinski definition) is 0. The number of aromatic nitrogens is 9. The molecule has 13 aromatic rings. The molecule has 2 aliphatic heterocycles. The molecule has 0 N–H and O–H groups in total. The lowest BCUT2D eigenvalue weighted by atomic mass is 9.73. The van der Waals surface area contributed by atoms with Gasteiger partial charge in [-0.3, -0.25) is 0 Å². The lowest BCUT2D eigenvalue weighted by Crippen LogP contribution is -2.41. The number of thiophene rings is 3. The van der Waals surface area contributed by atoms with E-state index < -0.39 is 0 Å². The van der Waals surface area contributed by atoms with Crippen LogP contribution in [0.25, 0.3) is 89.0 Å². The molecular weight excluding hydrogens is 1320 g/mol.